The zero-order valence-electron chi connectivity index (χ0n) is 15.8. The number of nitrogens with one attached hydrogen (secondary N) is 2. The van der Waals surface area contributed by atoms with Gasteiger partial charge in [0.2, 0.25) is 0 Å². The topological polar surface area (TPSA) is 79.8 Å². The number of pyridine rings is 1. The van der Waals surface area contributed by atoms with Crippen LogP contribution in [0.4, 0.5) is 0 Å². The van der Waals surface area contributed by atoms with Crippen LogP contribution >= 0.6 is 23.8 Å². The number of benzene rings is 2. The number of fused-ring (bicyclic) bond motifs is 1. The van der Waals surface area contributed by atoms with Gasteiger partial charge in [-0.05, 0) is 60.2 Å². The van der Waals surface area contributed by atoms with Gasteiger partial charge in [-0.1, -0.05) is 29.8 Å². The summed E-state index contributed by atoms with van der Waals surface area (Å²) in [5.41, 5.74) is 2.39. The molecule has 0 aliphatic carbocycles. The van der Waals surface area contributed by atoms with Crippen molar-refractivity contribution in [2.45, 2.75) is 13.1 Å². The van der Waals surface area contributed by atoms with Crippen LogP contribution in [0.15, 0.2) is 71.7 Å². The van der Waals surface area contributed by atoms with Gasteiger partial charge < -0.3 is 10.3 Å². The van der Waals surface area contributed by atoms with Crippen molar-refractivity contribution in [1.82, 2.24) is 19.9 Å². The molecule has 0 bridgehead atoms. The van der Waals surface area contributed by atoms with Crippen molar-refractivity contribution in [3.8, 4) is 0 Å². The Hall–Kier alpha value is -3.29. The minimum atomic E-state index is -0.246. The van der Waals surface area contributed by atoms with Crippen molar-refractivity contribution in [3.05, 3.63) is 104 Å². The highest BCUT2D eigenvalue weighted by atomic mass is 35.5. The van der Waals surface area contributed by atoms with E-state index in [1.807, 2.05) is 30.3 Å². The van der Waals surface area contributed by atoms with Gasteiger partial charge in [-0.25, -0.2) is 0 Å². The predicted octanol–water partition coefficient (Wildman–Crippen LogP) is 4.09. The maximum absolute atomic E-state index is 12.9. The maximum Gasteiger partial charge on any atom is 0.262 e. The first-order valence-corrected chi connectivity index (χ1v) is 9.99. The molecule has 0 aliphatic heterocycles. The molecule has 0 saturated heterocycles. The van der Waals surface area contributed by atoms with Crippen LogP contribution in [0.25, 0.3) is 10.9 Å². The number of H-pyrrole nitrogens is 1. The van der Waals surface area contributed by atoms with Crippen molar-refractivity contribution in [3.63, 3.8) is 0 Å². The van der Waals surface area contributed by atoms with Gasteiger partial charge in [-0.2, -0.15) is 0 Å². The molecule has 0 fully saturated rings. The number of hydrogen-bond donors (Lipinski definition) is 2. The average molecular weight is 437 g/mol. The molecule has 8 heteroatoms. The Kier molecular flexibility index (Phi) is 5.74. The summed E-state index contributed by atoms with van der Waals surface area (Å²) in [6, 6.07) is 17.6. The zero-order chi connectivity index (χ0) is 21.1. The lowest BCUT2D eigenvalue weighted by Crippen LogP contribution is -2.25. The predicted molar refractivity (Wildman–Crippen MR) is 119 cm³/mol. The molecule has 0 unspecified atom stereocenters. The van der Waals surface area contributed by atoms with Crippen molar-refractivity contribution in [2.75, 3.05) is 0 Å². The van der Waals surface area contributed by atoms with Crippen LogP contribution in [0.1, 0.15) is 21.6 Å². The summed E-state index contributed by atoms with van der Waals surface area (Å²) in [5.74, 6) is -0.246. The second kappa shape index (κ2) is 8.61. The summed E-state index contributed by atoms with van der Waals surface area (Å²) in [6.45, 7) is 0.643. The summed E-state index contributed by atoms with van der Waals surface area (Å²) < 4.78 is 1.73. The minimum Gasteiger partial charge on any atom is -0.348 e. The van der Waals surface area contributed by atoms with Gasteiger partial charge in [0.05, 0.1) is 23.1 Å². The molecule has 2 aromatic carbocycles. The molecule has 0 saturated carbocycles. The Morgan fingerprint density at radius 1 is 1.13 bits per heavy atom. The van der Waals surface area contributed by atoms with Gasteiger partial charge in [0.1, 0.15) is 0 Å². The van der Waals surface area contributed by atoms with Gasteiger partial charge in [-0.15, -0.1) is 0 Å². The Labute approximate surface area is 182 Å². The fraction of sp³-hybridized carbons (Fsp3) is 0.0909. The van der Waals surface area contributed by atoms with E-state index in [1.165, 1.54) is 4.57 Å². The van der Waals surface area contributed by atoms with Crippen molar-refractivity contribution >= 4 is 40.6 Å². The van der Waals surface area contributed by atoms with E-state index in [0.717, 1.165) is 11.3 Å². The van der Waals surface area contributed by atoms with E-state index in [-0.39, 0.29) is 22.8 Å². The number of amides is 1. The van der Waals surface area contributed by atoms with Crippen LogP contribution < -0.4 is 10.9 Å². The smallest absolute Gasteiger partial charge is 0.262 e. The van der Waals surface area contributed by atoms with E-state index < -0.39 is 0 Å². The molecule has 150 valence electrons. The maximum atomic E-state index is 12.9. The number of aromatic nitrogens is 3. The molecule has 0 spiro atoms. The second-order valence-corrected chi connectivity index (χ2v) is 7.54. The lowest BCUT2D eigenvalue weighted by atomic mass is 10.1. The average Bonchev–Trinajstić information content (AvgIpc) is 2.76. The van der Waals surface area contributed by atoms with Crippen LogP contribution in [0.2, 0.25) is 5.02 Å². The third kappa shape index (κ3) is 4.32. The van der Waals surface area contributed by atoms with Crippen LogP contribution in [0.3, 0.4) is 0 Å². The second-order valence-electron chi connectivity index (χ2n) is 6.71. The Balaban J connectivity index is 1.59. The molecule has 30 heavy (non-hydrogen) atoms. The highest BCUT2D eigenvalue weighted by Gasteiger charge is 2.11. The first kappa shape index (κ1) is 20.0. The Morgan fingerprint density at radius 2 is 1.93 bits per heavy atom. The van der Waals surface area contributed by atoms with Gasteiger partial charge in [-0.3, -0.25) is 19.1 Å². The molecule has 6 nitrogen and oxygen atoms in total. The third-order valence-electron chi connectivity index (χ3n) is 4.66. The van der Waals surface area contributed by atoms with E-state index in [1.54, 1.807) is 36.5 Å². The van der Waals surface area contributed by atoms with Crippen LogP contribution in [0, 0.1) is 4.77 Å². The largest absolute Gasteiger partial charge is 0.348 e. The van der Waals surface area contributed by atoms with Crippen LogP contribution in [-0.4, -0.2) is 20.4 Å². The van der Waals surface area contributed by atoms with Crippen molar-refractivity contribution in [1.29, 1.82) is 0 Å². The fourth-order valence-electron chi connectivity index (χ4n) is 3.08. The number of halogens is 1. The molecule has 0 aliphatic rings. The van der Waals surface area contributed by atoms with E-state index in [2.05, 4.69) is 15.3 Å². The van der Waals surface area contributed by atoms with Gasteiger partial charge in [0.25, 0.3) is 11.5 Å². The standard InChI is InChI=1S/C22H17ClN4O2S/c23-16-7-4-14(5-8-16)12-25-20(28)15-6-9-18-19(11-15)26-22(30)27(21(18)29)13-17-3-1-2-10-24-17/h1-11H,12-13H2,(H,25,28)(H,26,30). The van der Waals surface area contributed by atoms with Gasteiger partial charge in [0, 0.05) is 23.3 Å². The van der Waals surface area contributed by atoms with E-state index in [9.17, 15) is 9.59 Å². The van der Waals surface area contributed by atoms with Crippen LogP contribution in [0.5, 0.6) is 0 Å². The molecule has 4 aromatic rings. The third-order valence-corrected chi connectivity index (χ3v) is 5.23. The van der Waals surface area contributed by atoms with E-state index in [4.69, 9.17) is 23.8 Å². The molecule has 2 aromatic heterocycles. The van der Waals surface area contributed by atoms with Gasteiger partial charge in [0.15, 0.2) is 4.77 Å². The first-order chi connectivity index (χ1) is 14.5. The van der Waals surface area contributed by atoms with E-state index in [0.29, 0.717) is 28.0 Å². The SMILES string of the molecule is O=C(NCc1ccc(Cl)cc1)c1ccc2c(=O)n(Cc3ccccn3)c(=S)[nH]c2c1. The normalized spacial score (nSPS) is 10.8. The van der Waals surface area contributed by atoms with Gasteiger partial charge >= 0.3 is 0 Å². The Bertz CT molecular complexity index is 1330. The molecule has 0 atom stereocenters. The van der Waals surface area contributed by atoms with Crippen LogP contribution in [-0.2, 0) is 13.1 Å². The lowest BCUT2D eigenvalue weighted by molar-refractivity contribution is 0.0951. The number of carbonyl (C=O) groups is 1. The fourth-order valence-corrected chi connectivity index (χ4v) is 3.46. The first-order valence-electron chi connectivity index (χ1n) is 9.21. The monoisotopic (exact) mass is 436 g/mol. The summed E-state index contributed by atoms with van der Waals surface area (Å²) >= 11 is 11.2. The highest BCUT2D eigenvalue weighted by molar-refractivity contribution is 7.71. The summed E-state index contributed by atoms with van der Waals surface area (Å²) in [5, 5.41) is 3.95. The molecular formula is C22H17ClN4O2S. The molecule has 4 rings (SSSR count). The molecule has 1 amide bonds. The zero-order valence-corrected chi connectivity index (χ0v) is 17.3. The summed E-state index contributed by atoms with van der Waals surface area (Å²) in [4.78, 5) is 32.7. The van der Waals surface area contributed by atoms with E-state index >= 15 is 0 Å². The number of carbonyl (C=O) groups excluding carboxylic acids is 1. The van der Waals surface area contributed by atoms with Crippen molar-refractivity contribution in [2.24, 2.45) is 0 Å². The molecule has 2 N–H and O–H groups in total. The molecule has 2 heterocycles. The number of hydrogen-bond acceptors (Lipinski definition) is 4. The quantitative estimate of drug-likeness (QED) is 0.462. The molecule has 0 radical (unpaired) electrons. The number of nitrogens with zero attached hydrogens (tertiary/aromatic N) is 2. The number of aromatic amines is 1. The molecular weight excluding hydrogens is 420 g/mol. The summed E-state index contributed by atoms with van der Waals surface area (Å²) in [6.07, 6.45) is 1.67. The summed E-state index contributed by atoms with van der Waals surface area (Å²) in [7, 11) is 0. The number of rotatable bonds is 5. The van der Waals surface area contributed by atoms with Crippen molar-refractivity contribution < 1.29 is 4.79 Å². The lowest BCUT2D eigenvalue weighted by Gasteiger charge is -2.09. The Morgan fingerprint density at radius 3 is 2.67 bits per heavy atom. The minimum absolute atomic E-state index is 0.229. The highest BCUT2D eigenvalue weighted by Crippen LogP contribution is 2.13.